The molecule has 1 N–H and O–H groups in total. The molecule has 94 valence electrons. The predicted octanol–water partition coefficient (Wildman–Crippen LogP) is 2.25. The van der Waals surface area contributed by atoms with Gasteiger partial charge in [-0.25, -0.2) is 9.78 Å². The highest BCUT2D eigenvalue weighted by molar-refractivity contribution is 9.10. The van der Waals surface area contributed by atoms with Gasteiger partial charge in [-0.1, -0.05) is 0 Å². The molecule has 5 nitrogen and oxygen atoms in total. The van der Waals surface area contributed by atoms with Gasteiger partial charge in [-0.05, 0) is 40.4 Å². The maximum atomic E-state index is 10.7. The summed E-state index contributed by atoms with van der Waals surface area (Å²) in [6.45, 7) is 1.24. The number of amides is 1. The van der Waals surface area contributed by atoms with Gasteiger partial charge in [-0.2, -0.15) is 0 Å². The van der Waals surface area contributed by atoms with E-state index < -0.39 is 6.09 Å². The highest BCUT2D eigenvalue weighted by atomic mass is 79.9. The van der Waals surface area contributed by atoms with Crippen molar-refractivity contribution in [3.8, 4) is 0 Å². The van der Waals surface area contributed by atoms with Crippen molar-refractivity contribution in [3.63, 3.8) is 0 Å². The number of imidazole rings is 1. The van der Waals surface area contributed by atoms with Crippen LogP contribution in [0.25, 0.3) is 5.65 Å². The van der Waals surface area contributed by atoms with Crippen LogP contribution in [0.2, 0.25) is 0 Å². The summed E-state index contributed by atoms with van der Waals surface area (Å²) in [6, 6.07) is 3.92. The summed E-state index contributed by atoms with van der Waals surface area (Å²) in [7, 11) is 0. The molecule has 6 heteroatoms. The molecule has 18 heavy (non-hydrogen) atoms. The van der Waals surface area contributed by atoms with Crippen molar-refractivity contribution in [2.24, 2.45) is 5.92 Å². The minimum absolute atomic E-state index is 0.398. The quantitative estimate of drug-likeness (QED) is 0.925. The fourth-order valence-electron chi connectivity index (χ4n) is 2.27. The molecule has 0 unspecified atom stereocenters. The Hall–Kier alpha value is -1.56. The average molecular weight is 310 g/mol. The molecule has 3 rings (SSSR count). The summed E-state index contributed by atoms with van der Waals surface area (Å²) >= 11 is 3.42. The SMILES string of the molecule is O=C(O)N1CC(Cc2cn3cc(Br)ccc3n2)C1. The number of hydrogen-bond donors (Lipinski definition) is 1. The fraction of sp³-hybridized carbons (Fsp3) is 0.333. The lowest BCUT2D eigenvalue weighted by atomic mass is 9.95. The Morgan fingerprint density at radius 3 is 2.94 bits per heavy atom. The van der Waals surface area contributed by atoms with E-state index in [0.717, 1.165) is 22.2 Å². The lowest BCUT2D eigenvalue weighted by molar-refractivity contribution is 0.0816. The van der Waals surface area contributed by atoms with Crippen LogP contribution >= 0.6 is 15.9 Å². The molecule has 0 saturated carbocycles. The number of aromatic nitrogens is 2. The average Bonchev–Trinajstić information content (AvgIpc) is 2.63. The number of hydrogen-bond acceptors (Lipinski definition) is 2. The Balaban J connectivity index is 1.71. The Kier molecular flexibility index (Phi) is 2.74. The predicted molar refractivity (Wildman–Crippen MR) is 69.7 cm³/mol. The smallest absolute Gasteiger partial charge is 0.407 e. The third-order valence-electron chi connectivity index (χ3n) is 3.19. The second-order valence-corrected chi connectivity index (χ2v) is 5.52. The van der Waals surface area contributed by atoms with Crippen molar-refractivity contribution >= 4 is 27.7 Å². The van der Waals surface area contributed by atoms with Gasteiger partial charge < -0.3 is 14.4 Å². The Labute approximate surface area is 112 Å². The first kappa shape index (κ1) is 11.5. The van der Waals surface area contributed by atoms with E-state index in [-0.39, 0.29) is 0 Å². The third kappa shape index (κ3) is 2.08. The van der Waals surface area contributed by atoms with Crippen molar-refractivity contribution in [3.05, 3.63) is 34.7 Å². The van der Waals surface area contributed by atoms with Gasteiger partial charge in [0.15, 0.2) is 0 Å². The van der Waals surface area contributed by atoms with Crippen LogP contribution < -0.4 is 0 Å². The largest absolute Gasteiger partial charge is 0.465 e. The van der Waals surface area contributed by atoms with Crippen LogP contribution in [-0.2, 0) is 6.42 Å². The molecule has 1 saturated heterocycles. The topological polar surface area (TPSA) is 57.8 Å². The number of pyridine rings is 1. The molecule has 0 spiro atoms. The lowest BCUT2D eigenvalue weighted by Gasteiger charge is -2.36. The molecule has 1 aliphatic heterocycles. The van der Waals surface area contributed by atoms with E-state index in [4.69, 9.17) is 5.11 Å². The molecule has 1 aliphatic rings. The van der Waals surface area contributed by atoms with Gasteiger partial charge in [-0.15, -0.1) is 0 Å². The molecule has 0 aliphatic carbocycles. The molecular weight excluding hydrogens is 298 g/mol. The number of rotatable bonds is 2. The second kappa shape index (κ2) is 4.28. The summed E-state index contributed by atoms with van der Waals surface area (Å²) in [5.41, 5.74) is 1.94. The maximum absolute atomic E-state index is 10.7. The summed E-state index contributed by atoms with van der Waals surface area (Å²) < 4.78 is 2.99. The van der Waals surface area contributed by atoms with Gasteiger partial charge in [-0.3, -0.25) is 0 Å². The van der Waals surface area contributed by atoms with E-state index in [1.807, 2.05) is 28.9 Å². The fourth-order valence-corrected chi connectivity index (χ4v) is 2.62. The molecule has 0 aromatic carbocycles. The number of likely N-dealkylation sites (tertiary alicyclic amines) is 1. The van der Waals surface area contributed by atoms with Crippen LogP contribution in [0.15, 0.2) is 29.0 Å². The Bertz CT molecular complexity index is 604. The lowest BCUT2D eigenvalue weighted by Crippen LogP contribution is -2.50. The minimum atomic E-state index is -0.829. The van der Waals surface area contributed by atoms with E-state index in [9.17, 15) is 4.79 Å². The standard InChI is InChI=1S/C12H12BrN3O2/c13-9-1-2-11-14-10(7-15(11)6-9)3-8-4-16(5-8)12(17)18/h1-2,6-8H,3-5H2,(H,17,18). The molecular formula is C12H12BrN3O2. The highest BCUT2D eigenvalue weighted by Crippen LogP contribution is 2.21. The van der Waals surface area contributed by atoms with Gasteiger partial charge in [0.05, 0.1) is 5.69 Å². The zero-order chi connectivity index (χ0) is 12.7. The van der Waals surface area contributed by atoms with Crippen LogP contribution in [0.3, 0.4) is 0 Å². The summed E-state index contributed by atoms with van der Waals surface area (Å²) in [5.74, 6) is 0.398. The van der Waals surface area contributed by atoms with Gasteiger partial charge in [0, 0.05) is 30.0 Å². The Morgan fingerprint density at radius 2 is 2.22 bits per heavy atom. The van der Waals surface area contributed by atoms with E-state index >= 15 is 0 Å². The monoisotopic (exact) mass is 309 g/mol. The van der Waals surface area contributed by atoms with Crippen molar-refractivity contribution in [1.29, 1.82) is 0 Å². The zero-order valence-electron chi connectivity index (χ0n) is 9.58. The van der Waals surface area contributed by atoms with Crippen LogP contribution in [0.4, 0.5) is 4.79 Å². The van der Waals surface area contributed by atoms with Gasteiger partial charge in [0.2, 0.25) is 0 Å². The van der Waals surface area contributed by atoms with E-state index in [1.54, 1.807) is 0 Å². The summed E-state index contributed by atoms with van der Waals surface area (Å²) in [6.07, 6.45) is 3.98. The number of carboxylic acid groups (broad SMARTS) is 1. The molecule has 0 bridgehead atoms. The van der Waals surface area contributed by atoms with E-state index in [1.165, 1.54) is 4.90 Å². The number of halogens is 1. The van der Waals surface area contributed by atoms with E-state index in [2.05, 4.69) is 20.9 Å². The molecule has 0 radical (unpaired) electrons. The molecule has 2 aromatic heterocycles. The summed E-state index contributed by atoms with van der Waals surface area (Å²) in [4.78, 5) is 16.6. The van der Waals surface area contributed by atoms with Gasteiger partial charge in [0.25, 0.3) is 0 Å². The normalized spacial score (nSPS) is 15.9. The minimum Gasteiger partial charge on any atom is -0.465 e. The zero-order valence-corrected chi connectivity index (χ0v) is 11.2. The van der Waals surface area contributed by atoms with Crippen molar-refractivity contribution < 1.29 is 9.90 Å². The van der Waals surface area contributed by atoms with E-state index in [0.29, 0.717) is 19.0 Å². The van der Waals surface area contributed by atoms with Crippen LogP contribution in [0.1, 0.15) is 5.69 Å². The highest BCUT2D eigenvalue weighted by Gasteiger charge is 2.30. The van der Waals surface area contributed by atoms with Crippen molar-refractivity contribution in [2.45, 2.75) is 6.42 Å². The van der Waals surface area contributed by atoms with Gasteiger partial charge in [0.1, 0.15) is 5.65 Å². The first-order chi connectivity index (χ1) is 8.61. The molecule has 1 fully saturated rings. The van der Waals surface area contributed by atoms with Gasteiger partial charge >= 0.3 is 6.09 Å². The van der Waals surface area contributed by atoms with Crippen molar-refractivity contribution in [1.82, 2.24) is 14.3 Å². The number of nitrogens with zero attached hydrogens (tertiary/aromatic N) is 3. The summed E-state index contributed by atoms with van der Waals surface area (Å²) in [5, 5.41) is 8.76. The molecule has 1 amide bonds. The molecule has 2 aromatic rings. The first-order valence-corrected chi connectivity index (χ1v) is 6.52. The first-order valence-electron chi connectivity index (χ1n) is 5.73. The van der Waals surface area contributed by atoms with Crippen molar-refractivity contribution in [2.75, 3.05) is 13.1 Å². The van der Waals surface area contributed by atoms with Crippen LogP contribution in [0, 0.1) is 5.92 Å². The number of carbonyl (C=O) groups is 1. The number of fused-ring (bicyclic) bond motifs is 1. The molecule has 3 heterocycles. The van der Waals surface area contributed by atoms with Crippen LogP contribution in [0.5, 0.6) is 0 Å². The molecule has 0 atom stereocenters. The third-order valence-corrected chi connectivity index (χ3v) is 3.66. The maximum Gasteiger partial charge on any atom is 0.407 e. The Morgan fingerprint density at radius 1 is 1.44 bits per heavy atom. The van der Waals surface area contributed by atoms with Crippen LogP contribution in [-0.4, -0.2) is 38.6 Å². The second-order valence-electron chi connectivity index (χ2n) is 4.60.